The Morgan fingerprint density at radius 3 is 2.34 bits per heavy atom. The molecule has 4 amide bonds. The highest BCUT2D eigenvalue weighted by atomic mass is 16.4. The Bertz CT molecular complexity index is 900. The number of rotatable bonds is 16. The average Bonchev–Trinajstić information content (AvgIpc) is 3.30. The zero-order valence-electron chi connectivity index (χ0n) is 19.0. The fraction of sp³-hybridized carbons (Fsp3) is 0.526. The number of H-pyrrole nitrogens is 1. The molecule has 0 saturated carbocycles. The van der Waals surface area contributed by atoms with E-state index in [1.165, 1.54) is 12.5 Å². The van der Waals surface area contributed by atoms with Gasteiger partial charge >= 0.3 is 5.97 Å². The summed E-state index contributed by atoms with van der Waals surface area (Å²) in [6.45, 7) is -0.357. The molecule has 1 rings (SSSR count). The molecular formula is C19H32N10O6. The number of guanidine groups is 1. The van der Waals surface area contributed by atoms with Crippen LogP contribution in [0.3, 0.4) is 0 Å². The molecule has 16 nitrogen and oxygen atoms in total. The van der Waals surface area contributed by atoms with Crippen LogP contribution in [0.25, 0.3) is 0 Å². The SMILES string of the molecule is NC(=O)CCC(N)C(=O)NC(CCCN=C(N)N)C(=O)NCC(=O)NC(Cc1cnc[nH]1)C(=O)O. The van der Waals surface area contributed by atoms with E-state index >= 15 is 0 Å². The van der Waals surface area contributed by atoms with E-state index in [1.807, 2.05) is 0 Å². The highest BCUT2D eigenvalue weighted by Crippen LogP contribution is 2.02. The van der Waals surface area contributed by atoms with Gasteiger partial charge in [-0.15, -0.1) is 0 Å². The second-order valence-corrected chi connectivity index (χ2v) is 7.58. The van der Waals surface area contributed by atoms with Gasteiger partial charge in [0.1, 0.15) is 12.1 Å². The van der Waals surface area contributed by atoms with Gasteiger partial charge in [-0.25, -0.2) is 9.78 Å². The predicted molar refractivity (Wildman–Crippen MR) is 123 cm³/mol. The van der Waals surface area contributed by atoms with Crippen LogP contribution >= 0.6 is 0 Å². The summed E-state index contributed by atoms with van der Waals surface area (Å²) in [6, 6.07) is -3.43. The molecule has 3 unspecified atom stereocenters. The minimum absolute atomic E-state index is 0.0151. The number of hydrogen-bond donors (Lipinski definition) is 9. The van der Waals surface area contributed by atoms with Gasteiger partial charge < -0.3 is 49.0 Å². The van der Waals surface area contributed by atoms with Crippen LogP contribution in [0.4, 0.5) is 0 Å². The number of carbonyl (C=O) groups excluding carboxylic acids is 4. The van der Waals surface area contributed by atoms with Crippen molar-refractivity contribution in [3.8, 4) is 0 Å². The highest BCUT2D eigenvalue weighted by molar-refractivity contribution is 5.92. The van der Waals surface area contributed by atoms with E-state index in [2.05, 4.69) is 30.9 Å². The number of aromatic nitrogens is 2. The number of nitrogens with one attached hydrogen (secondary N) is 4. The number of carboxylic acid groups (broad SMARTS) is 1. The quantitative estimate of drug-likeness (QED) is 0.0603. The molecule has 0 aliphatic heterocycles. The lowest BCUT2D eigenvalue weighted by atomic mass is 10.1. The lowest BCUT2D eigenvalue weighted by Crippen LogP contribution is -2.53. The Labute approximate surface area is 200 Å². The molecule has 16 heteroatoms. The van der Waals surface area contributed by atoms with Gasteiger partial charge in [-0.3, -0.25) is 24.2 Å². The largest absolute Gasteiger partial charge is 0.480 e. The average molecular weight is 497 g/mol. The van der Waals surface area contributed by atoms with Crippen molar-refractivity contribution in [1.82, 2.24) is 25.9 Å². The Kier molecular flexibility index (Phi) is 12.2. The van der Waals surface area contributed by atoms with Crippen molar-refractivity contribution >= 4 is 35.6 Å². The molecule has 0 saturated heterocycles. The summed E-state index contributed by atoms with van der Waals surface area (Å²) in [5.74, 6) is -4.19. The van der Waals surface area contributed by atoms with E-state index in [1.54, 1.807) is 0 Å². The van der Waals surface area contributed by atoms with E-state index < -0.39 is 54.3 Å². The van der Waals surface area contributed by atoms with Crippen molar-refractivity contribution < 1.29 is 29.1 Å². The molecule has 1 heterocycles. The number of imidazole rings is 1. The van der Waals surface area contributed by atoms with Crippen LogP contribution < -0.4 is 38.9 Å². The van der Waals surface area contributed by atoms with Gasteiger partial charge in [0.05, 0.1) is 18.9 Å². The smallest absolute Gasteiger partial charge is 0.326 e. The monoisotopic (exact) mass is 496 g/mol. The Hall–Kier alpha value is -4.21. The summed E-state index contributed by atoms with van der Waals surface area (Å²) in [7, 11) is 0. The van der Waals surface area contributed by atoms with E-state index in [9.17, 15) is 29.1 Å². The molecule has 35 heavy (non-hydrogen) atoms. The van der Waals surface area contributed by atoms with Gasteiger partial charge in [-0.05, 0) is 19.3 Å². The fourth-order valence-corrected chi connectivity index (χ4v) is 2.83. The van der Waals surface area contributed by atoms with Crippen molar-refractivity contribution in [3.05, 3.63) is 18.2 Å². The predicted octanol–water partition coefficient (Wildman–Crippen LogP) is -4.23. The summed E-state index contributed by atoms with van der Waals surface area (Å²) in [4.78, 5) is 69.8. The van der Waals surface area contributed by atoms with Crippen LogP contribution in [0.2, 0.25) is 0 Å². The van der Waals surface area contributed by atoms with Crippen LogP contribution in [0.5, 0.6) is 0 Å². The highest BCUT2D eigenvalue weighted by Gasteiger charge is 2.25. The minimum Gasteiger partial charge on any atom is -0.480 e. The molecular weight excluding hydrogens is 464 g/mol. The van der Waals surface area contributed by atoms with Crippen LogP contribution in [0.15, 0.2) is 17.5 Å². The summed E-state index contributed by atoms with van der Waals surface area (Å²) in [6.07, 6.45) is 3.05. The third kappa shape index (κ3) is 12.0. The number of carbonyl (C=O) groups is 5. The number of aromatic amines is 1. The summed E-state index contributed by atoms with van der Waals surface area (Å²) in [5, 5.41) is 16.4. The maximum absolute atomic E-state index is 12.6. The second-order valence-electron chi connectivity index (χ2n) is 7.58. The van der Waals surface area contributed by atoms with Gasteiger partial charge in [0, 0.05) is 31.3 Å². The molecule has 0 spiro atoms. The third-order valence-electron chi connectivity index (χ3n) is 4.65. The normalized spacial score (nSPS) is 13.1. The molecule has 0 aromatic carbocycles. The fourth-order valence-electron chi connectivity index (χ4n) is 2.83. The topological polar surface area (TPSA) is 287 Å². The Balaban J connectivity index is 2.69. The van der Waals surface area contributed by atoms with Crippen molar-refractivity contribution in [3.63, 3.8) is 0 Å². The zero-order chi connectivity index (χ0) is 26.4. The van der Waals surface area contributed by atoms with Crippen LogP contribution in [0.1, 0.15) is 31.4 Å². The first kappa shape index (κ1) is 28.8. The van der Waals surface area contributed by atoms with E-state index in [-0.39, 0.29) is 38.2 Å². The standard InChI is InChI=1S/C19H32N10O6/c20-11(3-4-14(21)30)16(32)29-12(2-1-5-25-19(22)23)17(33)26-8-15(31)28-13(18(34)35)6-10-7-24-9-27-10/h7,9,11-13H,1-6,8,20H2,(H2,21,30)(H,24,27)(H,26,33)(H,28,31)(H,29,32)(H,34,35)(H4,22,23,25). The molecule has 1 aromatic heterocycles. The molecule has 194 valence electrons. The molecule has 0 radical (unpaired) electrons. The Morgan fingerprint density at radius 1 is 1.06 bits per heavy atom. The summed E-state index contributed by atoms with van der Waals surface area (Å²) in [5.41, 5.74) is 21.8. The van der Waals surface area contributed by atoms with Crippen molar-refractivity contribution in [2.75, 3.05) is 13.1 Å². The molecule has 3 atom stereocenters. The minimum atomic E-state index is -1.27. The maximum atomic E-state index is 12.6. The number of hydrogen-bond acceptors (Lipinski definition) is 8. The molecule has 0 aliphatic carbocycles. The number of carboxylic acids is 1. The van der Waals surface area contributed by atoms with Crippen LogP contribution in [-0.4, -0.2) is 81.8 Å². The van der Waals surface area contributed by atoms with Crippen LogP contribution in [0, 0.1) is 0 Å². The van der Waals surface area contributed by atoms with Crippen LogP contribution in [-0.2, 0) is 30.4 Å². The van der Waals surface area contributed by atoms with Gasteiger partial charge in [0.2, 0.25) is 23.6 Å². The second kappa shape index (κ2) is 14.8. The molecule has 13 N–H and O–H groups in total. The van der Waals surface area contributed by atoms with E-state index in [0.717, 1.165) is 0 Å². The first-order valence-electron chi connectivity index (χ1n) is 10.7. The van der Waals surface area contributed by atoms with Gasteiger partial charge in [-0.2, -0.15) is 0 Å². The number of amides is 4. The number of aliphatic imine (C=N–C) groups is 1. The van der Waals surface area contributed by atoms with E-state index in [0.29, 0.717) is 12.1 Å². The number of nitrogens with two attached hydrogens (primary N) is 4. The number of primary amides is 1. The maximum Gasteiger partial charge on any atom is 0.326 e. The van der Waals surface area contributed by atoms with Gasteiger partial charge in [0.15, 0.2) is 5.96 Å². The summed E-state index contributed by atoms with van der Waals surface area (Å²) < 4.78 is 0. The van der Waals surface area contributed by atoms with Crippen molar-refractivity contribution in [1.29, 1.82) is 0 Å². The lowest BCUT2D eigenvalue weighted by molar-refractivity contribution is -0.141. The Morgan fingerprint density at radius 2 is 1.77 bits per heavy atom. The first-order valence-corrected chi connectivity index (χ1v) is 10.7. The van der Waals surface area contributed by atoms with E-state index in [4.69, 9.17) is 22.9 Å². The summed E-state index contributed by atoms with van der Waals surface area (Å²) >= 11 is 0. The van der Waals surface area contributed by atoms with Crippen molar-refractivity contribution in [2.45, 2.75) is 50.2 Å². The van der Waals surface area contributed by atoms with Gasteiger partial charge in [0.25, 0.3) is 0 Å². The molecule has 1 aromatic rings. The lowest BCUT2D eigenvalue weighted by Gasteiger charge is -2.21. The molecule has 0 fully saturated rings. The molecule has 0 aliphatic rings. The third-order valence-corrected chi connectivity index (χ3v) is 4.65. The van der Waals surface area contributed by atoms with Gasteiger partial charge in [-0.1, -0.05) is 0 Å². The number of aliphatic carboxylic acids is 1. The molecule has 0 bridgehead atoms. The first-order chi connectivity index (χ1) is 16.5. The number of nitrogens with zero attached hydrogens (tertiary/aromatic N) is 2. The van der Waals surface area contributed by atoms with Crippen molar-refractivity contribution in [2.24, 2.45) is 27.9 Å². The zero-order valence-corrected chi connectivity index (χ0v) is 19.0.